The van der Waals surface area contributed by atoms with Crippen molar-refractivity contribution in [2.75, 3.05) is 40.3 Å². The first kappa shape index (κ1) is 15.8. The van der Waals surface area contributed by atoms with Gasteiger partial charge in [-0.3, -0.25) is 4.79 Å². The summed E-state index contributed by atoms with van der Waals surface area (Å²) in [5.74, 6) is 0.954. The second-order valence-electron chi connectivity index (χ2n) is 5.26. The third kappa shape index (κ3) is 5.94. The summed E-state index contributed by atoms with van der Waals surface area (Å²) in [7, 11) is 3.53. The lowest BCUT2D eigenvalue weighted by molar-refractivity contribution is -0.127. The molecule has 1 N–H and O–H groups in total. The Labute approximate surface area is 117 Å². The van der Waals surface area contributed by atoms with Gasteiger partial charge in [-0.1, -0.05) is 13.3 Å². The van der Waals surface area contributed by atoms with Crippen LogP contribution in [0.3, 0.4) is 0 Å². The van der Waals surface area contributed by atoms with Crippen LogP contribution in [0.4, 0.5) is 0 Å². The van der Waals surface area contributed by atoms with Gasteiger partial charge < -0.3 is 15.1 Å². The fourth-order valence-electron chi connectivity index (χ4n) is 2.03. The SMILES string of the molecule is CCCCNC(=NCC(=O)N(C)C)N1CCCCC1. The maximum Gasteiger partial charge on any atom is 0.243 e. The number of likely N-dealkylation sites (tertiary alicyclic amines) is 1. The number of hydrogen-bond donors (Lipinski definition) is 1. The zero-order valence-electron chi connectivity index (χ0n) is 12.6. The molecule has 5 heteroatoms. The molecule has 0 aromatic heterocycles. The van der Waals surface area contributed by atoms with E-state index in [2.05, 4.69) is 22.1 Å². The lowest BCUT2D eigenvalue weighted by atomic mass is 10.1. The molecule has 0 radical (unpaired) electrons. The molecule has 1 amide bonds. The molecule has 0 aromatic carbocycles. The van der Waals surface area contributed by atoms with Crippen molar-refractivity contribution >= 4 is 11.9 Å². The topological polar surface area (TPSA) is 47.9 Å². The van der Waals surface area contributed by atoms with Gasteiger partial charge in [0.25, 0.3) is 0 Å². The van der Waals surface area contributed by atoms with Gasteiger partial charge in [0.2, 0.25) is 5.91 Å². The van der Waals surface area contributed by atoms with E-state index in [0.717, 1.165) is 38.4 Å². The number of unbranched alkanes of at least 4 members (excludes halogenated alkanes) is 1. The Kier molecular flexibility index (Phi) is 7.30. The first-order valence-electron chi connectivity index (χ1n) is 7.38. The van der Waals surface area contributed by atoms with Crippen LogP contribution in [0.25, 0.3) is 0 Å². The Balaban J connectivity index is 2.56. The van der Waals surface area contributed by atoms with Gasteiger partial charge in [-0.25, -0.2) is 4.99 Å². The molecule has 0 bridgehead atoms. The summed E-state index contributed by atoms with van der Waals surface area (Å²) < 4.78 is 0. The van der Waals surface area contributed by atoms with E-state index >= 15 is 0 Å². The van der Waals surface area contributed by atoms with Crippen molar-refractivity contribution in [2.45, 2.75) is 39.0 Å². The Hall–Kier alpha value is -1.26. The summed E-state index contributed by atoms with van der Waals surface area (Å²) in [6.45, 7) is 5.44. The molecule has 19 heavy (non-hydrogen) atoms. The highest BCUT2D eigenvalue weighted by atomic mass is 16.2. The summed E-state index contributed by atoms with van der Waals surface area (Å²) in [5.41, 5.74) is 0. The van der Waals surface area contributed by atoms with E-state index in [4.69, 9.17) is 0 Å². The minimum Gasteiger partial charge on any atom is -0.356 e. The fourth-order valence-corrected chi connectivity index (χ4v) is 2.03. The highest BCUT2D eigenvalue weighted by Gasteiger charge is 2.15. The lowest BCUT2D eigenvalue weighted by Gasteiger charge is -2.30. The quantitative estimate of drug-likeness (QED) is 0.464. The van der Waals surface area contributed by atoms with Gasteiger partial charge in [-0.15, -0.1) is 0 Å². The highest BCUT2D eigenvalue weighted by Crippen LogP contribution is 2.08. The Morgan fingerprint density at radius 3 is 2.53 bits per heavy atom. The third-order valence-electron chi connectivity index (χ3n) is 3.33. The van der Waals surface area contributed by atoms with Crippen LogP contribution in [-0.2, 0) is 4.79 Å². The molecule has 1 aliphatic heterocycles. The Bertz CT molecular complexity index is 296. The molecular formula is C14H28N4O. The van der Waals surface area contributed by atoms with Crippen molar-refractivity contribution < 1.29 is 4.79 Å². The van der Waals surface area contributed by atoms with Gasteiger partial charge in [0.15, 0.2) is 5.96 Å². The normalized spacial score (nSPS) is 16.4. The maximum atomic E-state index is 11.6. The molecule has 1 aliphatic rings. The van der Waals surface area contributed by atoms with Crippen LogP contribution >= 0.6 is 0 Å². The van der Waals surface area contributed by atoms with Crippen LogP contribution in [0.15, 0.2) is 4.99 Å². The molecule has 0 atom stereocenters. The number of likely N-dealkylation sites (N-methyl/N-ethyl adjacent to an activating group) is 1. The maximum absolute atomic E-state index is 11.6. The second-order valence-corrected chi connectivity index (χ2v) is 5.26. The van der Waals surface area contributed by atoms with Crippen molar-refractivity contribution in [1.29, 1.82) is 0 Å². The standard InChI is InChI=1S/C14H28N4O/c1-4-5-9-15-14(16-12-13(19)17(2)3)18-10-7-6-8-11-18/h4-12H2,1-3H3,(H,15,16). The number of carbonyl (C=O) groups excluding carboxylic acids is 1. The van der Waals surface area contributed by atoms with E-state index in [-0.39, 0.29) is 12.5 Å². The highest BCUT2D eigenvalue weighted by molar-refractivity contribution is 5.84. The van der Waals surface area contributed by atoms with Crippen LogP contribution in [0, 0.1) is 0 Å². The molecule has 0 saturated carbocycles. The zero-order chi connectivity index (χ0) is 14.1. The second kappa shape index (κ2) is 8.77. The van der Waals surface area contributed by atoms with Crippen molar-refractivity contribution in [2.24, 2.45) is 4.99 Å². The van der Waals surface area contributed by atoms with Crippen LogP contribution in [0.2, 0.25) is 0 Å². The van der Waals surface area contributed by atoms with Crippen molar-refractivity contribution in [3.8, 4) is 0 Å². The van der Waals surface area contributed by atoms with Crippen LogP contribution in [-0.4, -0.2) is 61.9 Å². The van der Waals surface area contributed by atoms with Crippen molar-refractivity contribution in [3.05, 3.63) is 0 Å². The molecule has 0 aromatic rings. The molecule has 1 fully saturated rings. The van der Waals surface area contributed by atoms with Gasteiger partial charge in [0.05, 0.1) is 0 Å². The van der Waals surface area contributed by atoms with E-state index in [1.165, 1.54) is 19.3 Å². The number of nitrogens with one attached hydrogen (secondary N) is 1. The van der Waals surface area contributed by atoms with E-state index in [9.17, 15) is 4.79 Å². The molecule has 0 aliphatic carbocycles. The number of hydrogen-bond acceptors (Lipinski definition) is 2. The number of aliphatic imine (C=N–C) groups is 1. The molecule has 1 saturated heterocycles. The largest absolute Gasteiger partial charge is 0.356 e. The fraction of sp³-hybridized carbons (Fsp3) is 0.857. The summed E-state index contributed by atoms with van der Waals surface area (Å²) in [4.78, 5) is 20.0. The van der Waals surface area contributed by atoms with E-state index in [1.807, 2.05) is 0 Å². The van der Waals surface area contributed by atoms with Crippen LogP contribution in [0.1, 0.15) is 39.0 Å². The molecule has 1 rings (SSSR count). The number of guanidine groups is 1. The first-order valence-corrected chi connectivity index (χ1v) is 7.38. The third-order valence-corrected chi connectivity index (χ3v) is 3.33. The molecular weight excluding hydrogens is 240 g/mol. The minimum atomic E-state index is 0.0480. The summed E-state index contributed by atoms with van der Waals surface area (Å²) in [6, 6.07) is 0. The number of nitrogens with zero attached hydrogens (tertiary/aromatic N) is 3. The predicted octanol–water partition coefficient (Wildman–Crippen LogP) is 1.31. The smallest absolute Gasteiger partial charge is 0.243 e. The molecule has 0 spiro atoms. The first-order chi connectivity index (χ1) is 9.15. The van der Waals surface area contributed by atoms with Crippen molar-refractivity contribution in [3.63, 3.8) is 0 Å². The molecule has 0 unspecified atom stereocenters. The van der Waals surface area contributed by atoms with Gasteiger partial charge in [-0.2, -0.15) is 0 Å². The molecule has 110 valence electrons. The van der Waals surface area contributed by atoms with E-state index in [1.54, 1.807) is 19.0 Å². The number of carbonyl (C=O) groups is 1. The Morgan fingerprint density at radius 1 is 1.26 bits per heavy atom. The summed E-state index contributed by atoms with van der Waals surface area (Å²) in [5, 5.41) is 3.39. The van der Waals surface area contributed by atoms with E-state index < -0.39 is 0 Å². The summed E-state index contributed by atoms with van der Waals surface area (Å²) >= 11 is 0. The van der Waals surface area contributed by atoms with Crippen LogP contribution in [0.5, 0.6) is 0 Å². The summed E-state index contributed by atoms with van der Waals surface area (Å²) in [6.07, 6.45) is 6.03. The van der Waals surface area contributed by atoms with Crippen molar-refractivity contribution in [1.82, 2.24) is 15.1 Å². The van der Waals surface area contributed by atoms with Gasteiger partial charge in [-0.05, 0) is 25.7 Å². The zero-order valence-corrected chi connectivity index (χ0v) is 12.6. The number of piperidine rings is 1. The number of amides is 1. The molecule has 1 heterocycles. The Morgan fingerprint density at radius 2 is 1.95 bits per heavy atom. The van der Waals surface area contributed by atoms with Gasteiger partial charge >= 0.3 is 0 Å². The predicted molar refractivity (Wildman–Crippen MR) is 79.3 cm³/mol. The monoisotopic (exact) mass is 268 g/mol. The minimum absolute atomic E-state index is 0.0480. The number of rotatable bonds is 5. The van der Waals surface area contributed by atoms with Gasteiger partial charge in [0.1, 0.15) is 6.54 Å². The lowest BCUT2D eigenvalue weighted by Crippen LogP contribution is -2.45. The van der Waals surface area contributed by atoms with Crippen LogP contribution < -0.4 is 5.32 Å². The average molecular weight is 268 g/mol. The van der Waals surface area contributed by atoms with Gasteiger partial charge in [0, 0.05) is 33.7 Å². The van der Waals surface area contributed by atoms with E-state index in [0.29, 0.717) is 0 Å². The average Bonchev–Trinajstić information content (AvgIpc) is 2.43. The molecule has 5 nitrogen and oxygen atoms in total.